The summed E-state index contributed by atoms with van der Waals surface area (Å²) in [7, 11) is -1.91. The zero-order chi connectivity index (χ0) is 18.6. The van der Waals surface area contributed by atoms with Crippen LogP contribution in [0.25, 0.3) is 0 Å². The third kappa shape index (κ3) is 4.16. The highest BCUT2D eigenvalue weighted by molar-refractivity contribution is 7.89. The number of hydrogen-bond donors (Lipinski definition) is 0. The van der Waals surface area contributed by atoms with Gasteiger partial charge in [0.15, 0.2) is 0 Å². The maximum atomic E-state index is 12.9. The van der Waals surface area contributed by atoms with Gasteiger partial charge < -0.3 is 9.32 Å². The zero-order valence-electron chi connectivity index (χ0n) is 14.9. The first kappa shape index (κ1) is 18.7. The van der Waals surface area contributed by atoms with Crippen LogP contribution in [-0.4, -0.2) is 43.7 Å². The van der Waals surface area contributed by atoms with Gasteiger partial charge in [0.1, 0.15) is 5.76 Å². The van der Waals surface area contributed by atoms with Crippen LogP contribution in [0.4, 0.5) is 0 Å². The first-order chi connectivity index (χ1) is 12.5. The van der Waals surface area contributed by atoms with Crippen molar-refractivity contribution in [3.63, 3.8) is 0 Å². The number of amides is 1. The smallest absolute Gasteiger partial charge is 0.254 e. The number of carbonyl (C=O) groups is 1. The van der Waals surface area contributed by atoms with E-state index in [9.17, 15) is 13.2 Å². The molecule has 0 aliphatic carbocycles. The van der Waals surface area contributed by atoms with Crippen molar-refractivity contribution in [1.82, 2.24) is 9.21 Å². The summed E-state index contributed by atoms with van der Waals surface area (Å²) in [5.74, 6) is 0.434. The summed E-state index contributed by atoms with van der Waals surface area (Å²) >= 11 is 0. The third-order valence-electron chi connectivity index (χ3n) is 4.60. The Morgan fingerprint density at radius 2 is 1.85 bits per heavy atom. The molecule has 1 aliphatic rings. The minimum absolute atomic E-state index is 0.177. The molecule has 0 N–H and O–H groups in total. The van der Waals surface area contributed by atoms with E-state index in [4.69, 9.17) is 4.42 Å². The number of benzene rings is 1. The Hall–Kier alpha value is -2.12. The topological polar surface area (TPSA) is 70.8 Å². The Bertz CT molecular complexity index is 838. The van der Waals surface area contributed by atoms with Gasteiger partial charge in [0, 0.05) is 25.7 Å². The van der Waals surface area contributed by atoms with Crippen LogP contribution in [0.5, 0.6) is 0 Å². The molecule has 1 saturated heterocycles. The molecule has 1 aromatic carbocycles. The number of nitrogens with zero attached hydrogens (tertiary/aromatic N) is 2. The second-order valence-electron chi connectivity index (χ2n) is 6.59. The quantitative estimate of drug-likeness (QED) is 0.804. The summed E-state index contributed by atoms with van der Waals surface area (Å²) in [5.41, 5.74) is 0.356. The molecular weight excluding hydrogens is 352 g/mol. The van der Waals surface area contributed by atoms with Gasteiger partial charge in [-0.1, -0.05) is 18.9 Å². The summed E-state index contributed by atoms with van der Waals surface area (Å²) in [5, 5.41) is 0. The van der Waals surface area contributed by atoms with Crippen LogP contribution in [0.3, 0.4) is 0 Å². The fourth-order valence-corrected chi connectivity index (χ4v) is 4.71. The van der Waals surface area contributed by atoms with E-state index in [-0.39, 0.29) is 10.8 Å². The van der Waals surface area contributed by atoms with Crippen molar-refractivity contribution < 1.29 is 17.6 Å². The molecule has 1 aromatic heterocycles. The molecule has 0 bridgehead atoms. The van der Waals surface area contributed by atoms with Gasteiger partial charge in [0.25, 0.3) is 5.91 Å². The van der Waals surface area contributed by atoms with Gasteiger partial charge in [-0.25, -0.2) is 8.42 Å². The van der Waals surface area contributed by atoms with Gasteiger partial charge in [-0.2, -0.15) is 4.31 Å². The highest BCUT2D eigenvalue weighted by Gasteiger charge is 2.26. The minimum Gasteiger partial charge on any atom is -0.467 e. The predicted octanol–water partition coefficient (Wildman–Crippen LogP) is 3.12. The normalized spacial score (nSPS) is 16.2. The molecule has 0 saturated carbocycles. The number of sulfonamides is 1. The van der Waals surface area contributed by atoms with Gasteiger partial charge in [0.05, 0.1) is 17.7 Å². The fraction of sp³-hybridized carbons (Fsp3) is 0.421. The Morgan fingerprint density at radius 3 is 2.50 bits per heavy atom. The molecule has 2 heterocycles. The molecule has 0 unspecified atom stereocenters. The lowest BCUT2D eigenvalue weighted by Crippen LogP contribution is -2.32. The molecular formula is C19H24N2O4S. The molecule has 1 amide bonds. The molecule has 140 valence electrons. The van der Waals surface area contributed by atoms with Crippen LogP contribution >= 0.6 is 0 Å². The first-order valence-electron chi connectivity index (χ1n) is 8.86. The van der Waals surface area contributed by atoms with Crippen molar-refractivity contribution in [2.24, 2.45) is 0 Å². The van der Waals surface area contributed by atoms with E-state index >= 15 is 0 Å². The lowest BCUT2D eigenvalue weighted by atomic mass is 10.2. The number of hydrogen-bond acceptors (Lipinski definition) is 4. The van der Waals surface area contributed by atoms with Gasteiger partial charge in [-0.3, -0.25) is 4.79 Å². The van der Waals surface area contributed by atoms with E-state index < -0.39 is 10.0 Å². The average Bonchev–Trinajstić information content (AvgIpc) is 2.99. The van der Waals surface area contributed by atoms with Crippen LogP contribution in [0.2, 0.25) is 0 Å². The average molecular weight is 376 g/mol. The number of carbonyl (C=O) groups excluding carboxylic acids is 1. The predicted molar refractivity (Wildman–Crippen MR) is 98.2 cm³/mol. The van der Waals surface area contributed by atoms with Gasteiger partial charge in [-0.15, -0.1) is 0 Å². The second kappa shape index (κ2) is 8.05. The molecule has 1 fully saturated rings. The molecule has 2 aromatic rings. The monoisotopic (exact) mass is 376 g/mol. The highest BCUT2D eigenvalue weighted by Crippen LogP contribution is 2.21. The van der Waals surface area contributed by atoms with Crippen LogP contribution in [0.15, 0.2) is 52.0 Å². The Kier molecular flexibility index (Phi) is 5.78. The Morgan fingerprint density at radius 1 is 1.12 bits per heavy atom. The number of furan rings is 1. The molecule has 0 atom stereocenters. The molecule has 26 heavy (non-hydrogen) atoms. The summed E-state index contributed by atoms with van der Waals surface area (Å²) in [6.45, 7) is 1.41. The van der Waals surface area contributed by atoms with E-state index in [0.29, 0.717) is 31.0 Å². The molecule has 0 spiro atoms. The van der Waals surface area contributed by atoms with Crippen LogP contribution in [0, 0.1) is 0 Å². The third-order valence-corrected chi connectivity index (χ3v) is 6.50. The van der Waals surface area contributed by atoms with Crippen molar-refractivity contribution in [3.8, 4) is 0 Å². The van der Waals surface area contributed by atoms with Crippen molar-refractivity contribution in [2.75, 3.05) is 20.1 Å². The van der Waals surface area contributed by atoms with Gasteiger partial charge in [-0.05, 0) is 43.2 Å². The largest absolute Gasteiger partial charge is 0.467 e. The fourth-order valence-electron chi connectivity index (χ4n) is 3.15. The SMILES string of the molecule is CN(Cc1ccco1)C(=O)c1cccc(S(=O)(=O)N2CCCCCC2)c1. The molecule has 7 heteroatoms. The summed E-state index contributed by atoms with van der Waals surface area (Å²) in [6, 6.07) is 9.86. The molecule has 3 rings (SSSR count). The standard InChI is InChI=1S/C19H24N2O4S/c1-20(15-17-9-7-13-25-17)19(22)16-8-6-10-18(14-16)26(23,24)21-11-4-2-3-5-12-21/h6-10,13-14H,2-5,11-12,15H2,1H3. The van der Waals surface area contributed by atoms with Gasteiger partial charge in [0.2, 0.25) is 10.0 Å². The lowest BCUT2D eigenvalue weighted by molar-refractivity contribution is 0.0775. The lowest BCUT2D eigenvalue weighted by Gasteiger charge is -2.21. The summed E-state index contributed by atoms with van der Waals surface area (Å²) in [4.78, 5) is 14.3. The Labute approximate surface area is 154 Å². The van der Waals surface area contributed by atoms with E-state index in [1.54, 1.807) is 43.6 Å². The van der Waals surface area contributed by atoms with Crippen LogP contribution < -0.4 is 0 Å². The summed E-state index contributed by atoms with van der Waals surface area (Å²) < 4.78 is 32.7. The highest BCUT2D eigenvalue weighted by atomic mass is 32.2. The maximum Gasteiger partial charge on any atom is 0.254 e. The minimum atomic E-state index is -3.57. The van der Waals surface area contributed by atoms with Crippen LogP contribution in [0.1, 0.15) is 41.8 Å². The van der Waals surface area contributed by atoms with Crippen molar-refractivity contribution in [2.45, 2.75) is 37.1 Å². The second-order valence-corrected chi connectivity index (χ2v) is 8.52. The Balaban J connectivity index is 1.79. The molecule has 0 radical (unpaired) electrons. The van der Waals surface area contributed by atoms with Crippen molar-refractivity contribution in [3.05, 3.63) is 54.0 Å². The van der Waals surface area contributed by atoms with Gasteiger partial charge >= 0.3 is 0 Å². The van der Waals surface area contributed by atoms with Crippen LogP contribution in [-0.2, 0) is 16.6 Å². The summed E-state index contributed by atoms with van der Waals surface area (Å²) in [6.07, 6.45) is 5.43. The first-order valence-corrected chi connectivity index (χ1v) is 10.3. The maximum absolute atomic E-state index is 12.9. The van der Waals surface area contributed by atoms with Crippen molar-refractivity contribution in [1.29, 1.82) is 0 Å². The molecule has 1 aliphatic heterocycles. The van der Waals surface area contributed by atoms with E-state index in [1.807, 2.05) is 0 Å². The molecule has 6 nitrogen and oxygen atoms in total. The zero-order valence-corrected chi connectivity index (χ0v) is 15.7. The number of rotatable bonds is 5. The van der Waals surface area contributed by atoms with E-state index in [0.717, 1.165) is 25.7 Å². The van der Waals surface area contributed by atoms with E-state index in [1.165, 1.54) is 15.3 Å². The van der Waals surface area contributed by atoms with Crippen molar-refractivity contribution >= 4 is 15.9 Å². The van der Waals surface area contributed by atoms with E-state index in [2.05, 4.69) is 0 Å².